The molecule has 1 heterocycles. The molecule has 0 saturated carbocycles. The second-order valence-corrected chi connectivity index (χ2v) is 5.63. The first-order valence-electron chi connectivity index (χ1n) is 7.41. The minimum Gasteiger partial charge on any atom is -0.478 e. The molecular weight excluding hydrogens is 268 g/mol. The highest BCUT2D eigenvalue weighted by molar-refractivity contribution is 5.93. The maximum absolute atomic E-state index is 11.9. The molecule has 0 bridgehead atoms. The number of aromatic carboxylic acids is 1. The molecule has 1 aliphatic heterocycles. The van der Waals surface area contributed by atoms with E-state index in [4.69, 9.17) is 5.11 Å². The highest BCUT2D eigenvalue weighted by Crippen LogP contribution is 2.18. The number of anilines is 1. The lowest BCUT2D eigenvalue weighted by atomic mass is 9.94. The van der Waals surface area contributed by atoms with Crippen molar-refractivity contribution < 1.29 is 14.7 Å². The first-order chi connectivity index (χ1) is 10.1. The summed E-state index contributed by atoms with van der Waals surface area (Å²) in [6.07, 6.45) is 3.77. The SMILES string of the molecule is Cc1cc(NC(=O)CCC2CCCNC2)ccc1C(=O)O. The Bertz CT molecular complexity index is 522. The number of aryl methyl sites for hydroxylation is 1. The first-order valence-corrected chi connectivity index (χ1v) is 7.41. The minimum atomic E-state index is -0.949. The molecule has 5 heteroatoms. The van der Waals surface area contributed by atoms with Gasteiger partial charge >= 0.3 is 5.97 Å². The second kappa shape index (κ2) is 7.22. The summed E-state index contributed by atoms with van der Waals surface area (Å²) in [5.41, 5.74) is 1.57. The zero-order chi connectivity index (χ0) is 15.2. The summed E-state index contributed by atoms with van der Waals surface area (Å²) >= 11 is 0. The van der Waals surface area contributed by atoms with Crippen LogP contribution in [0.5, 0.6) is 0 Å². The number of benzene rings is 1. The smallest absolute Gasteiger partial charge is 0.335 e. The molecule has 1 amide bonds. The molecule has 0 aromatic heterocycles. The predicted molar refractivity (Wildman–Crippen MR) is 81.6 cm³/mol. The van der Waals surface area contributed by atoms with Gasteiger partial charge in [-0.15, -0.1) is 0 Å². The van der Waals surface area contributed by atoms with Gasteiger partial charge in [-0.1, -0.05) is 0 Å². The maximum Gasteiger partial charge on any atom is 0.335 e. The monoisotopic (exact) mass is 290 g/mol. The first kappa shape index (κ1) is 15.5. The average Bonchev–Trinajstić information content (AvgIpc) is 2.46. The lowest BCUT2D eigenvalue weighted by molar-refractivity contribution is -0.116. The van der Waals surface area contributed by atoms with E-state index in [0.29, 0.717) is 23.6 Å². The third-order valence-electron chi connectivity index (χ3n) is 3.92. The van der Waals surface area contributed by atoms with Crippen molar-refractivity contribution in [1.82, 2.24) is 5.32 Å². The predicted octanol–water partition coefficient (Wildman–Crippen LogP) is 2.41. The summed E-state index contributed by atoms with van der Waals surface area (Å²) in [5, 5.41) is 15.2. The number of piperidine rings is 1. The molecule has 0 radical (unpaired) electrons. The van der Waals surface area contributed by atoms with Gasteiger partial charge in [-0.2, -0.15) is 0 Å². The van der Waals surface area contributed by atoms with E-state index in [2.05, 4.69) is 10.6 Å². The number of hydrogen-bond acceptors (Lipinski definition) is 3. The molecule has 1 aliphatic rings. The van der Waals surface area contributed by atoms with Gasteiger partial charge in [0.05, 0.1) is 5.56 Å². The number of amides is 1. The molecule has 21 heavy (non-hydrogen) atoms. The van der Waals surface area contributed by atoms with Crippen molar-refractivity contribution in [3.63, 3.8) is 0 Å². The fraction of sp³-hybridized carbons (Fsp3) is 0.500. The second-order valence-electron chi connectivity index (χ2n) is 5.63. The van der Waals surface area contributed by atoms with Crippen molar-refractivity contribution in [2.75, 3.05) is 18.4 Å². The van der Waals surface area contributed by atoms with E-state index in [1.807, 2.05) is 0 Å². The third kappa shape index (κ3) is 4.56. The number of carbonyl (C=O) groups excluding carboxylic acids is 1. The van der Waals surface area contributed by atoms with E-state index < -0.39 is 5.97 Å². The molecule has 0 aliphatic carbocycles. The highest BCUT2D eigenvalue weighted by Gasteiger charge is 2.15. The van der Waals surface area contributed by atoms with Crippen LogP contribution in [0.2, 0.25) is 0 Å². The summed E-state index contributed by atoms with van der Waals surface area (Å²) < 4.78 is 0. The van der Waals surface area contributed by atoms with Crippen LogP contribution in [0, 0.1) is 12.8 Å². The van der Waals surface area contributed by atoms with Crippen LogP contribution in [-0.4, -0.2) is 30.1 Å². The molecule has 5 nitrogen and oxygen atoms in total. The van der Waals surface area contributed by atoms with Gasteiger partial charge in [-0.3, -0.25) is 4.79 Å². The number of carboxylic acid groups (broad SMARTS) is 1. The normalized spacial score (nSPS) is 18.2. The van der Waals surface area contributed by atoms with Crippen LogP contribution in [0.4, 0.5) is 5.69 Å². The van der Waals surface area contributed by atoms with E-state index in [-0.39, 0.29) is 11.5 Å². The van der Waals surface area contributed by atoms with Gasteiger partial charge in [0, 0.05) is 12.1 Å². The Balaban J connectivity index is 1.84. The van der Waals surface area contributed by atoms with Crippen molar-refractivity contribution >= 4 is 17.6 Å². The van der Waals surface area contributed by atoms with Gasteiger partial charge in [0.2, 0.25) is 5.91 Å². The van der Waals surface area contributed by atoms with Crippen molar-refractivity contribution in [3.8, 4) is 0 Å². The summed E-state index contributed by atoms with van der Waals surface area (Å²) in [7, 11) is 0. The molecule has 2 rings (SSSR count). The van der Waals surface area contributed by atoms with Gasteiger partial charge in [-0.25, -0.2) is 4.79 Å². The standard InChI is InChI=1S/C16H22N2O3/c1-11-9-13(5-6-14(11)16(20)21)18-15(19)7-4-12-3-2-8-17-10-12/h5-6,9,12,17H,2-4,7-8,10H2,1H3,(H,18,19)(H,20,21). The van der Waals surface area contributed by atoms with Gasteiger partial charge in [0.15, 0.2) is 0 Å². The zero-order valence-electron chi connectivity index (χ0n) is 12.3. The number of carbonyl (C=O) groups is 2. The number of hydrogen-bond donors (Lipinski definition) is 3. The van der Waals surface area contributed by atoms with Crippen LogP contribution in [0.25, 0.3) is 0 Å². The molecule has 114 valence electrons. The Morgan fingerprint density at radius 3 is 2.86 bits per heavy atom. The van der Waals surface area contributed by atoms with Gasteiger partial charge in [0.25, 0.3) is 0 Å². The average molecular weight is 290 g/mol. The molecule has 3 N–H and O–H groups in total. The van der Waals surface area contributed by atoms with Crippen molar-refractivity contribution in [3.05, 3.63) is 29.3 Å². The molecule has 1 atom stereocenters. The van der Waals surface area contributed by atoms with Gasteiger partial charge < -0.3 is 15.7 Å². The molecule has 1 unspecified atom stereocenters. The van der Waals surface area contributed by atoms with E-state index in [0.717, 1.165) is 19.5 Å². The van der Waals surface area contributed by atoms with E-state index in [1.54, 1.807) is 19.1 Å². The summed E-state index contributed by atoms with van der Waals surface area (Å²) in [6, 6.07) is 4.86. The summed E-state index contributed by atoms with van der Waals surface area (Å²) in [5.74, 6) is -0.376. The van der Waals surface area contributed by atoms with Crippen LogP contribution < -0.4 is 10.6 Å². The van der Waals surface area contributed by atoms with Crippen molar-refractivity contribution in [1.29, 1.82) is 0 Å². The fourth-order valence-corrected chi connectivity index (χ4v) is 2.71. The maximum atomic E-state index is 11.9. The van der Waals surface area contributed by atoms with Crippen molar-refractivity contribution in [2.45, 2.75) is 32.6 Å². The Kier molecular flexibility index (Phi) is 5.33. The molecule has 1 fully saturated rings. The number of rotatable bonds is 5. The van der Waals surface area contributed by atoms with Gasteiger partial charge in [0.1, 0.15) is 0 Å². The van der Waals surface area contributed by atoms with Crippen LogP contribution in [0.3, 0.4) is 0 Å². The lowest BCUT2D eigenvalue weighted by Crippen LogP contribution is -2.30. The molecule has 0 spiro atoms. The van der Waals surface area contributed by atoms with Crippen molar-refractivity contribution in [2.24, 2.45) is 5.92 Å². The highest BCUT2D eigenvalue weighted by atomic mass is 16.4. The van der Waals surface area contributed by atoms with E-state index >= 15 is 0 Å². The van der Waals surface area contributed by atoms with Crippen LogP contribution in [0.1, 0.15) is 41.6 Å². The third-order valence-corrected chi connectivity index (χ3v) is 3.92. The van der Waals surface area contributed by atoms with Crippen LogP contribution in [0.15, 0.2) is 18.2 Å². The topological polar surface area (TPSA) is 78.4 Å². The zero-order valence-corrected chi connectivity index (χ0v) is 12.3. The minimum absolute atomic E-state index is 0.0111. The van der Waals surface area contributed by atoms with Crippen LogP contribution >= 0.6 is 0 Å². The molecule has 1 saturated heterocycles. The Hall–Kier alpha value is -1.88. The molecular formula is C16H22N2O3. The lowest BCUT2D eigenvalue weighted by Gasteiger charge is -2.22. The van der Waals surface area contributed by atoms with E-state index in [9.17, 15) is 9.59 Å². The fourth-order valence-electron chi connectivity index (χ4n) is 2.71. The Morgan fingerprint density at radius 2 is 2.24 bits per heavy atom. The summed E-state index contributed by atoms with van der Waals surface area (Å²) in [6.45, 7) is 3.81. The van der Waals surface area contributed by atoms with Gasteiger partial charge in [-0.05, 0) is 69.0 Å². The van der Waals surface area contributed by atoms with E-state index in [1.165, 1.54) is 18.9 Å². The number of carboxylic acids is 1. The summed E-state index contributed by atoms with van der Waals surface area (Å²) in [4.78, 5) is 22.9. The van der Waals surface area contributed by atoms with Crippen LogP contribution in [-0.2, 0) is 4.79 Å². The largest absolute Gasteiger partial charge is 0.478 e. The Labute approximate surface area is 124 Å². The Morgan fingerprint density at radius 1 is 1.43 bits per heavy atom. The molecule has 1 aromatic carbocycles. The molecule has 1 aromatic rings. The quantitative estimate of drug-likeness (QED) is 0.778. The number of nitrogens with one attached hydrogen (secondary N) is 2.